The van der Waals surface area contributed by atoms with Crippen molar-refractivity contribution < 1.29 is 24.5 Å². The zero-order valence-electron chi connectivity index (χ0n) is 17.0. The maximum atomic E-state index is 11.1. The van der Waals surface area contributed by atoms with Crippen LogP contribution in [-0.2, 0) is 14.3 Å². The van der Waals surface area contributed by atoms with Crippen LogP contribution < -0.4 is 0 Å². The second-order valence-corrected chi connectivity index (χ2v) is 7.41. The zero-order valence-corrected chi connectivity index (χ0v) is 17.0. The second-order valence-electron chi connectivity index (χ2n) is 7.41. The molecule has 4 atom stereocenters. The van der Waals surface area contributed by atoms with E-state index >= 15 is 0 Å². The number of carbonyl (C=O) groups is 1. The van der Waals surface area contributed by atoms with Crippen LogP contribution in [-0.4, -0.2) is 49.2 Å². The average Bonchev–Trinajstić information content (AvgIpc) is 2.92. The van der Waals surface area contributed by atoms with E-state index in [9.17, 15) is 15.0 Å². The first-order chi connectivity index (χ1) is 13.1. The van der Waals surface area contributed by atoms with Gasteiger partial charge in [-0.3, -0.25) is 4.79 Å². The second kappa shape index (κ2) is 14.8. The fraction of sp³-hybridized carbons (Fsp3) is 0.773. The maximum Gasteiger partial charge on any atom is 0.305 e. The Morgan fingerprint density at radius 3 is 2.44 bits per heavy atom. The largest absolute Gasteiger partial charge is 0.469 e. The van der Waals surface area contributed by atoms with Crippen molar-refractivity contribution in [3.63, 3.8) is 0 Å². The number of aliphatic hydroxyl groups is 2. The molecule has 27 heavy (non-hydrogen) atoms. The lowest BCUT2D eigenvalue weighted by Gasteiger charge is -2.19. The Hall–Kier alpha value is -1.17. The number of rotatable bonds is 14. The molecule has 0 heterocycles. The number of aliphatic hydroxyl groups excluding tert-OH is 2. The van der Waals surface area contributed by atoms with Gasteiger partial charge in [0.2, 0.25) is 0 Å². The Balaban J connectivity index is 2.30. The maximum absolute atomic E-state index is 11.1. The van der Waals surface area contributed by atoms with Crippen LogP contribution in [0, 0.1) is 11.8 Å². The highest BCUT2D eigenvalue weighted by atomic mass is 16.5. The minimum absolute atomic E-state index is 0.0215. The first-order valence-electron chi connectivity index (χ1n) is 10.3. The van der Waals surface area contributed by atoms with Crippen molar-refractivity contribution in [3.05, 3.63) is 24.3 Å². The number of carbonyl (C=O) groups excluding carboxylic acids is 1. The van der Waals surface area contributed by atoms with Crippen LogP contribution in [0.25, 0.3) is 0 Å². The Kier molecular flexibility index (Phi) is 13.1. The minimum Gasteiger partial charge on any atom is -0.469 e. The predicted molar refractivity (Wildman–Crippen MR) is 107 cm³/mol. The Labute approximate surface area is 164 Å². The summed E-state index contributed by atoms with van der Waals surface area (Å²) in [5.41, 5.74) is 0. The smallest absolute Gasteiger partial charge is 0.305 e. The zero-order chi connectivity index (χ0) is 19.9. The summed E-state index contributed by atoms with van der Waals surface area (Å²) in [6, 6.07) is 0. The van der Waals surface area contributed by atoms with Crippen LogP contribution in [0.3, 0.4) is 0 Å². The molecule has 5 heteroatoms. The van der Waals surface area contributed by atoms with E-state index in [1.54, 1.807) is 7.11 Å². The summed E-state index contributed by atoms with van der Waals surface area (Å²) in [7, 11) is 3.14. The van der Waals surface area contributed by atoms with Gasteiger partial charge >= 0.3 is 5.97 Å². The van der Waals surface area contributed by atoms with Gasteiger partial charge < -0.3 is 19.7 Å². The van der Waals surface area contributed by atoms with Crippen molar-refractivity contribution in [2.24, 2.45) is 11.8 Å². The molecule has 0 spiro atoms. The quantitative estimate of drug-likeness (QED) is 0.272. The van der Waals surface area contributed by atoms with Crippen LogP contribution in [0.5, 0.6) is 0 Å². The molecule has 1 aliphatic rings. The Bertz CT molecular complexity index is 446. The number of hydrogen-bond donors (Lipinski definition) is 2. The molecule has 156 valence electrons. The number of ether oxygens (including phenoxy) is 2. The molecule has 0 aromatic rings. The third kappa shape index (κ3) is 10.1. The SMILES string of the molecule is COCCCCCCC=C[C@@H]1C(CC=CCCCC(=O)OC)[C@@H](O)C[C@H]1O. The predicted octanol–water partition coefficient (Wildman–Crippen LogP) is 3.79. The van der Waals surface area contributed by atoms with Gasteiger partial charge in [0.05, 0.1) is 19.3 Å². The van der Waals surface area contributed by atoms with Gasteiger partial charge in [-0.2, -0.15) is 0 Å². The molecule has 0 aliphatic heterocycles. The van der Waals surface area contributed by atoms with Crippen molar-refractivity contribution in [2.45, 2.75) is 76.4 Å². The van der Waals surface area contributed by atoms with Crippen LogP contribution in [0.15, 0.2) is 24.3 Å². The molecule has 5 nitrogen and oxygen atoms in total. The van der Waals surface area contributed by atoms with Crippen molar-refractivity contribution in [2.75, 3.05) is 20.8 Å². The van der Waals surface area contributed by atoms with Crippen LogP contribution in [0.2, 0.25) is 0 Å². The summed E-state index contributed by atoms with van der Waals surface area (Å²) in [5.74, 6) is -0.0929. The first-order valence-corrected chi connectivity index (χ1v) is 10.3. The van der Waals surface area contributed by atoms with Gasteiger partial charge in [-0.1, -0.05) is 37.1 Å². The molecular weight excluding hydrogens is 344 g/mol. The highest BCUT2D eigenvalue weighted by Crippen LogP contribution is 2.36. The fourth-order valence-electron chi connectivity index (χ4n) is 3.66. The Morgan fingerprint density at radius 1 is 0.963 bits per heavy atom. The van der Waals surface area contributed by atoms with Crippen LogP contribution in [0.1, 0.15) is 64.2 Å². The number of unbranched alkanes of at least 4 members (excludes halogenated alkanes) is 5. The molecule has 0 aromatic heterocycles. The third-order valence-corrected chi connectivity index (χ3v) is 5.30. The van der Waals surface area contributed by atoms with E-state index in [2.05, 4.69) is 29.0 Å². The molecule has 0 bridgehead atoms. The molecule has 0 radical (unpaired) electrons. The van der Waals surface area contributed by atoms with Crippen LogP contribution >= 0.6 is 0 Å². The Morgan fingerprint density at radius 2 is 1.70 bits per heavy atom. The summed E-state index contributed by atoms with van der Waals surface area (Å²) < 4.78 is 9.67. The summed E-state index contributed by atoms with van der Waals surface area (Å²) in [6.45, 7) is 0.833. The lowest BCUT2D eigenvalue weighted by atomic mass is 9.89. The van der Waals surface area contributed by atoms with Crippen molar-refractivity contribution in [1.29, 1.82) is 0 Å². The molecular formula is C22H38O5. The molecule has 0 amide bonds. The minimum atomic E-state index is -0.462. The average molecular weight is 383 g/mol. The standard InChI is InChI=1S/C22H38O5/c1-26-16-12-8-4-3-5-9-13-18-19(21(24)17-20(18)23)14-10-6-7-11-15-22(25)27-2/h6,9-10,13,18-21,23-24H,3-5,7-8,11-12,14-17H2,1-2H3/t18-,19?,20-,21+/m1/s1. The number of methoxy groups -OCH3 is 2. The molecule has 2 N–H and O–H groups in total. The van der Waals surface area contributed by atoms with E-state index in [1.165, 1.54) is 20.0 Å². The number of allylic oxidation sites excluding steroid dienone is 3. The van der Waals surface area contributed by atoms with Gasteiger partial charge in [-0.05, 0) is 44.4 Å². The molecule has 1 unspecified atom stereocenters. The monoisotopic (exact) mass is 382 g/mol. The lowest BCUT2D eigenvalue weighted by molar-refractivity contribution is -0.140. The first kappa shape index (κ1) is 23.9. The molecule has 0 aromatic carbocycles. The van der Waals surface area contributed by atoms with Gasteiger partial charge in [0.15, 0.2) is 0 Å². The van der Waals surface area contributed by atoms with Gasteiger partial charge in [0.1, 0.15) is 0 Å². The third-order valence-electron chi connectivity index (χ3n) is 5.30. The van der Waals surface area contributed by atoms with E-state index in [-0.39, 0.29) is 17.8 Å². The van der Waals surface area contributed by atoms with Crippen LogP contribution in [0.4, 0.5) is 0 Å². The van der Waals surface area contributed by atoms with E-state index in [1.807, 2.05) is 0 Å². The summed E-state index contributed by atoms with van der Waals surface area (Å²) in [6.07, 6.45) is 16.4. The normalized spacial score (nSPS) is 25.6. The van der Waals surface area contributed by atoms with E-state index in [0.29, 0.717) is 12.8 Å². The topological polar surface area (TPSA) is 76.0 Å². The lowest BCUT2D eigenvalue weighted by Crippen LogP contribution is -2.19. The summed E-state index contributed by atoms with van der Waals surface area (Å²) in [4.78, 5) is 11.1. The molecule has 1 rings (SSSR count). The molecule has 1 aliphatic carbocycles. The van der Waals surface area contributed by atoms with Crippen molar-refractivity contribution in [3.8, 4) is 0 Å². The van der Waals surface area contributed by atoms with E-state index in [0.717, 1.165) is 45.1 Å². The van der Waals surface area contributed by atoms with Gasteiger partial charge in [0, 0.05) is 32.5 Å². The number of esters is 1. The molecule has 1 fully saturated rings. The highest BCUT2D eigenvalue weighted by molar-refractivity contribution is 5.69. The van der Waals surface area contributed by atoms with Gasteiger partial charge in [-0.25, -0.2) is 0 Å². The van der Waals surface area contributed by atoms with Crippen molar-refractivity contribution in [1.82, 2.24) is 0 Å². The van der Waals surface area contributed by atoms with E-state index < -0.39 is 12.2 Å². The van der Waals surface area contributed by atoms with E-state index in [4.69, 9.17) is 4.74 Å². The number of hydrogen-bond acceptors (Lipinski definition) is 5. The highest BCUT2D eigenvalue weighted by Gasteiger charge is 2.39. The van der Waals surface area contributed by atoms with Gasteiger partial charge in [0.25, 0.3) is 0 Å². The molecule has 1 saturated carbocycles. The van der Waals surface area contributed by atoms with Crippen molar-refractivity contribution >= 4 is 5.97 Å². The molecule has 0 saturated heterocycles. The summed E-state index contributed by atoms with van der Waals surface area (Å²) in [5, 5.41) is 20.5. The fourth-order valence-corrected chi connectivity index (χ4v) is 3.66. The summed E-state index contributed by atoms with van der Waals surface area (Å²) >= 11 is 0. The van der Waals surface area contributed by atoms with Gasteiger partial charge in [-0.15, -0.1) is 0 Å².